The molecule has 1 heterocycles. The molecule has 1 aliphatic rings. The molecule has 14 heavy (non-hydrogen) atoms. The highest BCUT2D eigenvalue weighted by Crippen LogP contribution is 2.42. The summed E-state index contributed by atoms with van der Waals surface area (Å²) in [5.41, 5.74) is 1.22. The van der Waals surface area contributed by atoms with Gasteiger partial charge in [-0.05, 0) is 18.6 Å². The molecule has 0 aromatic heterocycles. The van der Waals surface area contributed by atoms with Crippen LogP contribution in [0.3, 0.4) is 0 Å². The van der Waals surface area contributed by atoms with E-state index in [0.29, 0.717) is 0 Å². The van der Waals surface area contributed by atoms with Crippen molar-refractivity contribution in [1.82, 2.24) is 0 Å². The molecular weight excluding hydrogens is 196 g/mol. The molecule has 0 bridgehead atoms. The van der Waals surface area contributed by atoms with Crippen molar-refractivity contribution in [3.05, 3.63) is 23.8 Å². The lowest BCUT2D eigenvalue weighted by Crippen LogP contribution is -2.10. The van der Waals surface area contributed by atoms with Crippen LogP contribution in [0.2, 0.25) is 0 Å². The van der Waals surface area contributed by atoms with Crippen LogP contribution >= 0.6 is 11.8 Å². The number of hydrogen-bond acceptors (Lipinski definition) is 3. The highest BCUT2D eigenvalue weighted by atomic mass is 32.2. The molecule has 1 aliphatic heterocycles. The number of thioether (sulfide) groups is 1. The Morgan fingerprint density at radius 3 is 2.93 bits per heavy atom. The molecule has 0 aliphatic carbocycles. The Morgan fingerprint density at radius 2 is 2.21 bits per heavy atom. The molecule has 1 unspecified atom stereocenters. The molecule has 0 spiro atoms. The van der Waals surface area contributed by atoms with Gasteiger partial charge in [-0.15, -0.1) is 11.8 Å². The first-order valence-corrected chi connectivity index (χ1v) is 5.68. The second-order valence-electron chi connectivity index (χ2n) is 3.23. The molecule has 2 rings (SSSR count). The Labute approximate surface area is 88.6 Å². The summed E-state index contributed by atoms with van der Waals surface area (Å²) in [5, 5.41) is 0. The van der Waals surface area contributed by atoms with Gasteiger partial charge in [-0.2, -0.15) is 0 Å². The first-order chi connectivity index (χ1) is 6.86. The van der Waals surface area contributed by atoms with E-state index < -0.39 is 0 Å². The lowest BCUT2D eigenvalue weighted by atomic mass is 10.1. The highest BCUT2D eigenvalue weighted by Gasteiger charge is 2.23. The van der Waals surface area contributed by atoms with Crippen LogP contribution in [0.25, 0.3) is 0 Å². The van der Waals surface area contributed by atoms with Gasteiger partial charge in [0.15, 0.2) is 0 Å². The maximum atomic E-state index is 5.47. The Kier molecular flexibility index (Phi) is 2.99. The molecule has 0 saturated carbocycles. The third kappa shape index (κ3) is 1.62. The summed E-state index contributed by atoms with van der Waals surface area (Å²) < 4.78 is 10.8. The lowest BCUT2D eigenvalue weighted by Gasteiger charge is -2.25. The molecule has 2 nitrogen and oxygen atoms in total. The van der Waals surface area contributed by atoms with Crippen molar-refractivity contribution in [3.8, 4) is 5.75 Å². The van der Waals surface area contributed by atoms with Gasteiger partial charge in [-0.3, -0.25) is 0 Å². The number of methoxy groups -OCH3 is 2. The van der Waals surface area contributed by atoms with Gasteiger partial charge in [0.1, 0.15) is 5.75 Å². The SMILES string of the molecule is COc1cccc2c1C(OC)CCS2. The Bertz CT molecular complexity index is 311. The number of ether oxygens (including phenoxy) is 2. The number of hydrogen-bond donors (Lipinski definition) is 0. The molecule has 1 aromatic carbocycles. The Hall–Kier alpha value is -0.670. The van der Waals surface area contributed by atoms with Crippen molar-refractivity contribution in [2.24, 2.45) is 0 Å². The minimum absolute atomic E-state index is 0.197. The summed E-state index contributed by atoms with van der Waals surface area (Å²) in [7, 11) is 3.47. The number of rotatable bonds is 2. The average Bonchev–Trinajstić information content (AvgIpc) is 2.27. The van der Waals surface area contributed by atoms with Crippen LogP contribution < -0.4 is 4.74 Å². The number of fused-ring (bicyclic) bond motifs is 1. The van der Waals surface area contributed by atoms with Crippen LogP contribution in [0, 0.1) is 0 Å². The zero-order chi connectivity index (χ0) is 9.97. The van der Waals surface area contributed by atoms with Crippen molar-refractivity contribution in [1.29, 1.82) is 0 Å². The van der Waals surface area contributed by atoms with Crippen molar-refractivity contribution in [3.63, 3.8) is 0 Å². The lowest BCUT2D eigenvalue weighted by molar-refractivity contribution is 0.0948. The van der Waals surface area contributed by atoms with Crippen molar-refractivity contribution in [2.45, 2.75) is 17.4 Å². The van der Waals surface area contributed by atoms with Crippen LogP contribution in [-0.4, -0.2) is 20.0 Å². The molecule has 3 heteroatoms. The maximum absolute atomic E-state index is 5.47. The van der Waals surface area contributed by atoms with Gasteiger partial charge in [0.25, 0.3) is 0 Å². The van der Waals surface area contributed by atoms with Crippen LogP contribution in [-0.2, 0) is 4.74 Å². The maximum Gasteiger partial charge on any atom is 0.125 e. The summed E-state index contributed by atoms with van der Waals surface area (Å²) in [5.74, 6) is 2.07. The van der Waals surface area contributed by atoms with Gasteiger partial charge in [0.05, 0.1) is 13.2 Å². The quantitative estimate of drug-likeness (QED) is 0.747. The van der Waals surface area contributed by atoms with E-state index in [-0.39, 0.29) is 6.10 Å². The summed E-state index contributed by atoms with van der Waals surface area (Å²) in [6.07, 6.45) is 1.26. The Balaban J connectivity index is 2.46. The van der Waals surface area contributed by atoms with E-state index >= 15 is 0 Å². The van der Waals surface area contributed by atoms with Crippen LogP contribution in [0.5, 0.6) is 5.75 Å². The fourth-order valence-electron chi connectivity index (χ4n) is 1.80. The monoisotopic (exact) mass is 210 g/mol. The second kappa shape index (κ2) is 4.24. The van der Waals surface area contributed by atoms with E-state index in [1.165, 1.54) is 10.5 Å². The van der Waals surface area contributed by atoms with Gasteiger partial charge in [-0.25, -0.2) is 0 Å². The van der Waals surface area contributed by atoms with E-state index in [9.17, 15) is 0 Å². The van der Waals surface area contributed by atoms with Crippen LogP contribution in [0.4, 0.5) is 0 Å². The molecule has 0 amide bonds. The highest BCUT2D eigenvalue weighted by molar-refractivity contribution is 7.99. The van der Waals surface area contributed by atoms with Crippen molar-refractivity contribution < 1.29 is 9.47 Å². The fourth-order valence-corrected chi connectivity index (χ4v) is 2.92. The number of benzene rings is 1. The van der Waals surface area contributed by atoms with Crippen LogP contribution in [0.15, 0.2) is 23.1 Å². The summed E-state index contributed by atoms with van der Waals surface area (Å²) in [6, 6.07) is 6.16. The van der Waals surface area contributed by atoms with Gasteiger partial charge in [0.2, 0.25) is 0 Å². The molecule has 0 fully saturated rings. The Morgan fingerprint density at radius 1 is 1.36 bits per heavy atom. The largest absolute Gasteiger partial charge is 0.496 e. The van der Waals surface area contributed by atoms with Gasteiger partial charge < -0.3 is 9.47 Å². The minimum Gasteiger partial charge on any atom is -0.496 e. The summed E-state index contributed by atoms with van der Waals surface area (Å²) in [4.78, 5) is 1.29. The average molecular weight is 210 g/mol. The third-order valence-corrected chi connectivity index (χ3v) is 3.60. The molecule has 76 valence electrons. The minimum atomic E-state index is 0.197. The molecule has 1 atom stereocenters. The molecule has 0 radical (unpaired) electrons. The molecule has 0 saturated heterocycles. The summed E-state index contributed by atoms with van der Waals surface area (Å²) in [6.45, 7) is 0. The first kappa shape index (κ1) is 9.87. The third-order valence-electron chi connectivity index (χ3n) is 2.49. The summed E-state index contributed by atoms with van der Waals surface area (Å²) >= 11 is 1.88. The molecular formula is C11H14O2S. The van der Waals surface area contributed by atoms with E-state index in [2.05, 4.69) is 6.07 Å². The van der Waals surface area contributed by atoms with Crippen LogP contribution in [0.1, 0.15) is 18.1 Å². The molecule has 0 N–H and O–H groups in total. The predicted molar refractivity (Wildman–Crippen MR) is 58.1 cm³/mol. The smallest absolute Gasteiger partial charge is 0.125 e. The van der Waals surface area contributed by atoms with E-state index in [1.54, 1.807) is 14.2 Å². The van der Waals surface area contributed by atoms with Crippen molar-refractivity contribution in [2.75, 3.05) is 20.0 Å². The van der Waals surface area contributed by atoms with Gasteiger partial charge in [0, 0.05) is 23.3 Å². The van der Waals surface area contributed by atoms with Crippen molar-refractivity contribution >= 4 is 11.8 Å². The van der Waals surface area contributed by atoms with Gasteiger partial charge in [-0.1, -0.05) is 6.07 Å². The zero-order valence-electron chi connectivity index (χ0n) is 8.45. The molecule has 1 aromatic rings. The van der Waals surface area contributed by atoms with E-state index in [0.717, 1.165) is 17.9 Å². The fraction of sp³-hybridized carbons (Fsp3) is 0.455. The van der Waals surface area contributed by atoms with E-state index in [4.69, 9.17) is 9.47 Å². The topological polar surface area (TPSA) is 18.5 Å². The normalized spacial score (nSPS) is 20.3. The predicted octanol–water partition coefficient (Wildman–Crippen LogP) is 2.88. The standard InChI is InChI=1S/C11H14O2S/c1-12-8-4-3-5-10-11(8)9(13-2)6-7-14-10/h3-5,9H,6-7H2,1-2H3. The zero-order valence-corrected chi connectivity index (χ0v) is 9.26. The van der Waals surface area contributed by atoms with E-state index in [1.807, 2.05) is 23.9 Å². The van der Waals surface area contributed by atoms with Gasteiger partial charge >= 0.3 is 0 Å². The first-order valence-electron chi connectivity index (χ1n) is 4.69. The second-order valence-corrected chi connectivity index (χ2v) is 4.37.